The number of benzene rings is 2. The van der Waals surface area contributed by atoms with Crippen LogP contribution in [0.2, 0.25) is 5.02 Å². The summed E-state index contributed by atoms with van der Waals surface area (Å²) in [5.41, 5.74) is 2.23. The second-order valence-electron chi connectivity index (χ2n) is 7.15. The molecule has 0 spiro atoms. The third-order valence-electron chi connectivity index (χ3n) is 4.62. The zero-order chi connectivity index (χ0) is 23.4. The summed E-state index contributed by atoms with van der Waals surface area (Å²) in [4.78, 5) is 11.9. The highest BCUT2D eigenvalue weighted by molar-refractivity contribution is 6.30. The fourth-order valence-electron chi connectivity index (χ4n) is 3.16. The van der Waals surface area contributed by atoms with Gasteiger partial charge in [0, 0.05) is 17.0 Å². The number of hydrogen-bond acceptors (Lipinski definition) is 5. The first-order valence-electron chi connectivity index (χ1n) is 10.0. The van der Waals surface area contributed by atoms with E-state index in [-0.39, 0.29) is 5.75 Å². The molecule has 10 heteroatoms. The molecule has 2 aromatic carbocycles. The second-order valence-corrected chi connectivity index (χ2v) is 7.59. The van der Waals surface area contributed by atoms with Gasteiger partial charge in [-0.15, -0.1) is 13.2 Å². The minimum atomic E-state index is -4.73. The van der Waals surface area contributed by atoms with Crippen molar-refractivity contribution in [3.05, 3.63) is 71.3 Å². The van der Waals surface area contributed by atoms with Gasteiger partial charge in [-0.05, 0) is 49.7 Å². The summed E-state index contributed by atoms with van der Waals surface area (Å²) >= 11 is 6.01. The lowest BCUT2D eigenvalue weighted by Crippen LogP contribution is -2.16. The van der Waals surface area contributed by atoms with Crippen molar-refractivity contribution in [3.8, 4) is 34.3 Å². The van der Waals surface area contributed by atoms with E-state index in [2.05, 4.69) is 19.7 Å². The molecule has 0 amide bonds. The molecule has 0 atom stereocenters. The van der Waals surface area contributed by atoms with E-state index in [1.54, 1.807) is 18.3 Å². The molecule has 0 saturated carbocycles. The van der Waals surface area contributed by atoms with E-state index >= 15 is 0 Å². The highest BCUT2D eigenvalue weighted by Crippen LogP contribution is 2.30. The largest absolute Gasteiger partial charge is 0.573 e. The summed E-state index contributed by atoms with van der Waals surface area (Å²) in [5, 5.41) is 0.619. The molecule has 0 aliphatic rings. The zero-order valence-corrected chi connectivity index (χ0v) is 18.2. The molecule has 4 rings (SSSR count). The fourth-order valence-corrected chi connectivity index (χ4v) is 3.29. The van der Waals surface area contributed by atoms with Crippen LogP contribution in [0.25, 0.3) is 22.8 Å². The summed E-state index contributed by atoms with van der Waals surface area (Å²) in [6.07, 6.45) is -1.94. The van der Waals surface area contributed by atoms with E-state index < -0.39 is 6.36 Å². The lowest BCUT2D eigenvalue weighted by molar-refractivity contribution is -0.274. The average Bonchev–Trinajstić information content (AvgIpc) is 3.38. The van der Waals surface area contributed by atoms with Gasteiger partial charge in [-0.2, -0.15) is 0 Å². The van der Waals surface area contributed by atoms with Crippen LogP contribution in [0.1, 0.15) is 18.0 Å². The maximum Gasteiger partial charge on any atom is 0.573 e. The Hall–Kier alpha value is -3.46. The van der Waals surface area contributed by atoms with Gasteiger partial charge in [0.2, 0.25) is 5.89 Å². The third kappa shape index (κ3) is 6.07. The van der Waals surface area contributed by atoms with Crippen LogP contribution in [0.4, 0.5) is 13.2 Å². The summed E-state index contributed by atoms with van der Waals surface area (Å²) in [7, 11) is 0. The standard InChI is InChI=1S/C23H19ClF3N3O3/c1-14-28-13-19(29-14)22-30-21(15-4-6-16(24)7-5-15)20(32-22)3-2-12-31-17-8-10-18(11-9-17)33-23(25,26)27/h4-11,13H,2-3,12H2,1H3,(H,28,29). The number of halogens is 4. The number of hydrogen-bond donors (Lipinski definition) is 1. The molecule has 2 heterocycles. The molecule has 6 nitrogen and oxygen atoms in total. The van der Waals surface area contributed by atoms with E-state index in [0.717, 1.165) is 11.4 Å². The predicted molar refractivity (Wildman–Crippen MR) is 116 cm³/mol. The molecule has 0 saturated heterocycles. The van der Waals surface area contributed by atoms with Crippen LogP contribution in [-0.4, -0.2) is 27.9 Å². The van der Waals surface area contributed by atoms with Crippen molar-refractivity contribution in [1.82, 2.24) is 15.0 Å². The van der Waals surface area contributed by atoms with Crippen LogP contribution in [-0.2, 0) is 6.42 Å². The molecule has 0 unspecified atom stereocenters. The maximum absolute atomic E-state index is 12.3. The maximum atomic E-state index is 12.3. The third-order valence-corrected chi connectivity index (χ3v) is 4.87. The Balaban J connectivity index is 1.42. The molecule has 0 aliphatic carbocycles. The molecule has 33 heavy (non-hydrogen) atoms. The SMILES string of the molecule is Cc1ncc(-c2nc(-c3ccc(Cl)cc3)c(CCCOc3ccc(OC(F)(F)F)cc3)o2)[nH]1. The minimum absolute atomic E-state index is 0.300. The van der Waals surface area contributed by atoms with Gasteiger partial charge < -0.3 is 18.9 Å². The molecule has 172 valence electrons. The highest BCUT2D eigenvalue weighted by Gasteiger charge is 2.31. The normalized spacial score (nSPS) is 11.5. The van der Waals surface area contributed by atoms with Crippen molar-refractivity contribution in [1.29, 1.82) is 0 Å². The fraction of sp³-hybridized carbons (Fsp3) is 0.217. The first-order valence-corrected chi connectivity index (χ1v) is 10.4. The van der Waals surface area contributed by atoms with E-state index in [4.69, 9.17) is 20.8 Å². The van der Waals surface area contributed by atoms with Crippen molar-refractivity contribution in [2.45, 2.75) is 26.1 Å². The van der Waals surface area contributed by atoms with Crippen LogP contribution in [0.15, 0.2) is 59.1 Å². The van der Waals surface area contributed by atoms with Gasteiger partial charge in [0.25, 0.3) is 0 Å². The van der Waals surface area contributed by atoms with E-state index in [1.165, 1.54) is 24.3 Å². The van der Waals surface area contributed by atoms with Gasteiger partial charge in [0.1, 0.15) is 34.5 Å². The monoisotopic (exact) mass is 477 g/mol. The number of nitrogens with one attached hydrogen (secondary N) is 1. The van der Waals surface area contributed by atoms with Gasteiger partial charge in [0.15, 0.2) is 0 Å². The number of aromatic nitrogens is 3. The van der Waals surface area contributed by atoms with Crippen LogP contribution in [0.5, 0.6) is 11.5 Å². The molecule has 1 N–H and O–H groups in total. The lowest BCUT2D eigenvalue weighted by atomic mass is 10.1. The average molecular weight is 478 g/mol. The van der Waals surface area contributed by atoms with Crippen LogP contribution < -0.4 is 9.47 Å². The number of imidazole rings is 1. The zero-order valence-electron chi connectivity index (χ0n) is 17.4. The Morgan fingerprint density at radius 1 is 1.03 bits per heavy atom. The number of H-pyrrole nitrogens is 1. The van der Waals surface area contributed by atoms with E-state index in [9.17, 15) is 13.2 Å². The Morgan fingerprint density at radius 2 is 1.73 bits per heavy atom. The highest BCUT2D eigenvalue weighted by atomic mass is 35.5. The van der Waals surface area contributed by atoms with Crippen LogP contribution in [0.3, 0.4) is 0 Å². The van der Waals surface area contributed by atoms with Gasteiger partial charge in [-0.1, -0.05) is 23.7 Å². The van der Waals surface area contributed by atoms with Crippen LogP contribution in [0, 0.1) is 6.92 Å². The molecule has 0 fully saturated rings. The van der Waals surface area contributed by atoms with Crippen molar-refractivity contribution < 1.29 is 27.1 Å². The Morgan fingerprint density at radius 3 is 2.36 bits per heavy atom. The first-order chi connectivity index (χ1) is 15.8. The molecular formula is C23H19ClF3N3O3. The summed E-state index contributed by atoms with van der Waals surface area (Å²) < 4.78 is 52.3. The van der Waals surface area contributed by atoms with E-state index in [1.807, 2.05) is 19.1 Å². The van der Waals surface area contributed by atoms with Crippen molar-refractivity contribution >= 4 is 11.6 Å². The first kappa shape index (κ1) is 22.7. The lowest BCUT2D eigenvalue weighted by Gasteiger charge is -2.10. The van der Waals surface area contributed by atoms with Crippen molar-refractivity contribution in [3.63, 3.8) is 0 Å². The quantitative estimate of drug-likeness (QED) is 0.289. The minimum Gasteiger partial charge on any atom is -0.494 e. The molecule has 0 aliphatic heterocycles. The number of nitrogens with zero attached hydrogens (tertiary/aromatic N) is 2. The smallest absolute Gasteiger partial charge is 0.494 e. The molecule has 2 aromatic heterocycles. The number of oxazole rings is 1. The van der Waals surface area contributed by atoms with E-state index in [0.29, 0.717) is 53.3 Å². The number of alkyl halides is 3. The van der Waals surface area contributed by atoms with Gasteiger partial charge >= 0.3 is 6.36 Å². The number of rotatable bonds is 8. The van der Waals surface area contributed by atoms with Crippen molar-refractivity contribution in [2.75, 3.05) is 6.61 Å². The summed E-state index contributed by atoms with van der Waals surface area (Å²) in [6.45, 7) is 2.17. The van der Waals surface area contributed by atoms with Gasteiger partial charge in [-0.25, -0.2) is 9.97 Å². The predicted octanol–water partition coefficient (Wildman–Crippen LogP) is 6.60. The van der Waals surface area contributed by atoms with Crippen molar-refractivity contribution in [2.24, 2.45) is 0 Å². The van der Waals surface area contributed by atoms with Gasteiger partial charge in [0.05, 0.1) is 12.8 Å². The number of ether oxygens (including phenoxy) is 2. The summed E-state index contributed by atoms with van der Waals surface area (Å²) in [6, 6.07) is 12.6. The van der Waals surface area contributed by atoms with Gasteiger partial charge in [-0.3, -0.25) is 0 Å². The molecule has 0 radical (unpaired) electrons. The Kier molecular flexibility index (Phi) is 6.60. The molecular weight excluding hydrogens is 459 g/mol. The Labute approximate surface area is 192 Å². The summed E-state index contributed by atoms with van der Waals surface area (Å²) in [5.74, 6) is 1.99. The Bertz CT molecular complexity index is 1200. The second kappa shape index (κ2) is 9.58. The molecule has 4 aromatic rings. The van der Waals surface area contributed by atoms with Crippen LogP contribution >= 0.6 is 11.6 Å². The number of aryl methyl sites for hydroxylation is 2. The molecule has 0 bridgehead atoms. The topological polar surface area (TPSA) is 73.2 Å². The number of aromatic amines is 1.